The summed E-state index contributed by atoms with van der Waals surface area (Å²) in [5.41, 5.74) is 4.64. The summed E-state index contributed by atoms with van der Waals surface area (Å²) in [6, 6.07) is 23.6. The van der Waals surface area contributed by atoms with Crippen LogP contribution in [-0.2, 0) is 9.53 Å². The molecule has 0 radical (unpaired) electrons. The fourth-order valence-corrected chi connectivity index (χ4v) is 5.04. The summed E-state index contributed by atoms with van der Waals surface area (Å²) in [4.78, 5) is 25.2. The van der Waals surface area contributed by atoms with Crippen molar-refractivity contribution in [3.05, 3.63) is 101 Å². The van der Waals surface area contributed by atoms with E-state index in [1.165, 1.54) is 11.8 Å². The Balaban J connectivity index is 0.00000462. The first-order valence-electron chi connectivity index (χ1n) is 12.9. The van der Waals surface area contributed by atoms with E-state index in [1.807, 2.05) is 86.0 Å². The predicted molar refractivity (Wildman–Crippen MR) is 165 cm³/mol. The van der Waals surface area contributed by atoms with Gasteiger partial charge in [0.05, 0.1) is 7.11 Å². The molecule has 0 bridgehead atoms. The van der Waals surface area contributed by atoms with Crippen LogP contribution in [0.5, 0.6) is 5.75 Å². The number of benzene rings is 3. The number of carboxylic acid groups (broad SMARTS) is 1. The molecule has 1 amide bonds. The molecule has 2 unspecified atom stereocenters. The van der Waals surface area contributed by atoms with Gasteiger partial charge >= 0.3 is 24.8 Å². The molecule has 7 nitrogen and oxygen atoms in total. The van der Waals surface area contributed by atoms with Crippen molar-refractivity contribution in [2.75, 3.05) is 26.2 Å². The molecule has 4 rings (SSSR count). The average Bonchev–Trinajstić information content (AvgIpc) is 3.45. The molecule has 1 heterocycles. The molecular weight excluding hydrogens is 533 g/mol. The van der Waals surface area contributed by atoms with Gasteiger partial charge in [-0.25, -0.2) is 4.79 Å². The molecule has 0 aliphatic carbocycles. The summed E-state index contributed by atoms with van der Waals surface area (Å²) in [6.45, 7) is 1.98. The van der Waals surface area contributed by atoms with Crippen LogP contribution in [0.3, 0.4) is 0 Å². The second-order valence-electron chi connectivity index (χ2n) is 9.31. The molecule has 0 spiro atoms. The van der Waals surface area contributed by atoms with Crippen molar-refractivity contribution in [3.8, 4) is 28.2 Å². The van der Waals surface area contributed by atoms with Gasteiger partial charge in [-0.1, -0.05) is 30.3 Å². The van der Waals surface area contributed by atoms with Gasteiger partial charge in [-0.05, 0) is 96.1 Å². The number of hydrogen-bond acceptors (Lipinski definition) is 6. The zero-order chi connectivity index (χ0) is 28.6. The number of methoxy groups -OCH3 is 2. The number of nitrogens with one attached hydrogen (secondary N) is 1. The Hall–Kier alpha value is -3.41. The summed E-state index contributed by atoms with van der Waals surface area (Å²) >= 11 is 1.54. The third kappa shape index (κ3) is 7.66. The standard InChI is InChI=1S/C32H33NO6S.Li.H/c1-20-7-5-6-8-24(20)26-19-22(11-14-25(26)31(34)33-27(32(35)36)17-18-40-4)30(38-3)29-16-15-28(39-29)21-9-12-23(37-2)13-10-21;;/h5-16,19,27,30H,17-18H2,1-4H3,(H,33,34)(H,35,36);;. The van der Waals surface area contributed by atoms with Gasteiger partial charge in [-0.3, -0.25) is 4.79 Å². The first-order chi connectivity index (χ1) is 19.4. The van der Waals surface area contributed by atoms with E-state index >= 15 is 0 Å². The topological polar surface area (TPSA) is 98.0 Å². The molecule has 41 heavy (non-hydrogen) atoms. The first kappa shape index (κ1) is 32.1. The summed E-state index contributed by atoms with van der Waals surface area (Å²) < 4.78 is 17.3. The first-order valence-corrected chi connectivity index (χ1v) is 14.2. The van der Waals surface area contributed by atoms with Crippen LogP contribution in [0.15, 0.2) is 83.3 Å². The third-order valence-electron chi connectivity index (χ3n) is 6.74. The molecule has 0 saturated carbocycles. The van der Waals surface area contributed by atoms with Crippen molar-refractivity contribution in [3.63, 3.8) is 0 Å². The van der Waals surface area contributed by atoms with Gasteiger partial charge in [0, 0.05) is 18.2 Å². The normalized spacial score (nSPS) is 12.2. The number of carbonyl (C=O) groups excluding carboxylic acids is 1. The molecule has 0 aliphatic heterocycles. The number of carbonyl (C=O) groups is 2. The molecule has 2 N–H and O–H groups in total. The number of furan rings is 1. The second-order valence-corrected chi connectivity index (χ2v) is 10.3. The SMILES string of the molecule is COc1ccc(-c2ccc(C(OC)c3ccc(C(=O)NC(CCSC)C(=O)O)c(-c4ccccc4C)c3)o2)cc1.[LiH]. The number of carboxylic acids is 1. The van der Waals surface area contributed by atoms with Crippen molar-refractivity contribution < 1.29 is 28.6 Å². The minimum absolute atomic E-state index is 0. The van der Waals surface area contributed by atoms with E-state index in [9.17, 15) is 14.7 Å². The van der Waals surface area contributed by atoms with Gasteiger partial charge in [0.15, 0.2) is 0 Å². The van der Waals surface area contributed by atoms with Crippen LogP contribution < -0.4 is 10.1 Å². The van der Waals surface area contributed by atoms with Crippen molar-refractivity contribution in [2.45, 2.75) is 25.5 Å². The van der Waals surface area contributed by atoms with Gasteiger partial charge in [-0.2, -0.15) is 11.8 Å². The quantitative estimate of drug-likeness (QED) is 0.204. The van der Waals surface area contributed by atoms with Crippen LogP contribution >= 0.6 is 11.8 Å². The van der Waals surface area contributed by atoms with Crippen LogP contribution in [0.4, 0.5) is 0 Å². The zero-order valence-electron chi connectivity index (χ0n) is 23.0. The van der Waals surface area contributed by atoms with Crippen LogP contribution in [0, 0.1) is 6.92 Å². The molecule has 0 aliphatic rings. The fourth-order valence-electron chi connectivity index (χ4n) is 4.57. The van der Waals surface area contributed by atoms with E-state index < -0.39 is 24.0 Å². The number of aryl methyl sites for hydroxylation is 1. The zero-order valence-corrected chi connectivity index (χ0v) is 23.8. The van der Waals surface area contributed by atoms with Gasteiger partial charge in [0.2, 0.25) is 0 Å². The number of amides is 1. The van der Waals surface area contributed by atoms with Gasteiger partial charge in [-0.15, -0.1) is 0 Å². The number of rotatable bonds is 12. The Morgan fingerprint density at radius 2 is 1.71 bits per heavy atom. The molecule has 4 aromatic rings. The van der Waals surface area contributed by atoms with Crippen molar-refractivity contribution in [2.24, 2.45) is 0 Å². The van der Waals surface area contributed by atoms with Crippen molar-refractivity contribution in [1.82, 2.24) is 5.32 Å². The van der Waals surface area contributed by atoms with Gasteiger partial charge < -0.3 is 24.3 Å². The van der Waals surface area contributed by atoms with Crippen LogP contribution in [0.25, 0.3) is 22.5 Å². The maximum absolute atomic E-state index is 13.4. The van der Waals surface area contributed by atoms with E-state index in [0.29, 0.717) is 34.8 Å². The molecule has 9 heteroatoms. The van der Waals surface area contributed by atoms with Crippen LogP contribution in [0.1, 0.15) is 39.8 Å². The molecular formula is C32H34LiNO6S. The number of thioether (sulfide) groups is 1. The molecule has 1 aromatic heterocycles. The van der Waals surface area contributed by atoms with Crippen LogP contribution in [0.2, 0.25) is 0 Å². The third-order valence-corrected chi connectivity index (χ3v) is 7.38. The summed E-state index contributed by atoms with van der Waals surface area (Å²) in [7, 11) is 3.23. The number of ether oxygens (including phenoxy) is 2. The monoisotopic (exact) mass is 567 g/mol. The Kier molecular flexibility index (Phi) is 11.7. The summed E-state index contributed by atoms with van der Waals surface area (Å²) in [6.07, 6.45) is 1.71. The predicted octanol–water partition coefficient (Wildman–Crippen LogP) is 5.95. The summed E-state index contributed by atoms with van der Waals surface area (Å²) in [5, 5.41) is 12.4. The summed E-state index contributed by atoms with van der Waals surface area (Å²) in [5.74, 6) is 1.20. The Morgan fingerprint density at radius 1 is 0.976 bits per heavy atom. The van der Waals surface area contributed by atoms with E-state index in [1.54, 1.807) is 20.3 Å². The fraction of sp³-hybridized carbons (Fsp3) is 0.250. The molecule has 0 saturated heterocycles. The van der Waals surface area contributed by atoms with E-state index in [0.717, 1.165) is 28.0 Å². The average molecular weight is 568 g/mol. The van der Waals surface area contributed by atoms with Crippen molar-refractivity contribution in [1.29, 1.82) is 0 Å². The number of aliphatic carboxylic acids is 1. The molecule has 2 atom stereocenters. The Bertz CT molecular complexity index is 1470. The second kappa shape index (κ2) is 15.0. The van der Waals surface area contributed by atoms with Gasteiger partial charge in [0.25, 0.3) is 5.91 Å². The maximum atomic E-state index is 13.4. The van der Waals surface area contributed by atoms with E-state index in [4.69, 9.17) is 13.9 Å². The van der Waals surface area contributed by atoms with Gasteiger partial charge in [0.1, 0.15) is 29.4 Å². The van der Waals surface area contributed by atoms with Crippen molar-refractivity contribution >= 4 is 42.5 Å². The molecule has 3 aromatic carbocycles. The van der Waals surface area contributed by atoms with E-state index in [-0.39, 0.29) is 18.9 Å². The van der Waals surface area contributed by atoms with E-state index in [2.05, 4.69) is 5.32 Å². The Morgan fingerprint density at radius 3 is 2.34 bits per heavy atom. The molecule has 0 fully saturated rings. The Labute approximate surface area is 256 Å². The molecule has 210 valence electrons. The van der Waals surface area contributed by atoms with Crippen LogP contribution in [-0.4, -0.2) is 68.1 Å². The minimum atomic E-state index is -1.05. The number of hydrogen-bond donors (Lipinski definition) is 2.